The first kappa shape index (κ1) is 16.7. The molecule has 0 bridgehead atoms. The summed E-state index contributed by atoms with van der Waals surface area (Å²) in [4.78, 5) is 18.7. The molecule has 0 fully saturated rings. The van der Waals surface area contributed by atoms with Gasteiger partial charge in [0.25, 0.3) is 5.91 Å². The molecule has 28 heavy (non-hydrogen) atoms. The van der Waals surface area contributed by atoms with Crippen LogP contribution >= 0.6 is 0 Å². The molecule has 0 aliphatic carbocycles. The van der Waals surface area contributed by atoms with Gasteiger partial charge in [-0.3, -0.25) is 14.5 Å². The van der Waals surface area contributed by atoms with Crippen molar-refractivity contribution in [2.45, 2.75) is 20.0 Å². The summed E-state index contributed by atoms with van der Waals surface area (Å²) in [6.45, 7) is 3.27. The Morgan fingerprint density at radius 2 is 1.89 bits per heavy atom. The molecule has 0 radical (unpaired) electrons. The quantitative estimate of drug-likeness (QED) is 0.547. The Labute approximate surface area is 163 Å². The van der Waals surface area contributed by atoms with E-state index in [4.69, 9.17) is 0 Å². The summed E-state index contributed by atoms with van der Waals surface area (Å²) in [5, 5.41) is 5.66. The van der Waals surface area contributed by atoms with Gasteiger partial charge in [-0.05, 0) is 53.4 Å². The molecule has 3 heterocycles. The standard InChI is InChI=1S/C23H20N4O/c1-15-10-18(11-19-13-26(2)25-22(15)19)17-7-5-16(6-8-17)12-27-14-21-20(23(27)28)4-3-9-24-21/h3-11,13H,12,14H2,1-2H3. The van der Waals surface area contributed by atoms with Crippen LogP contribution in [0.3, 0.4) is 0 Å². The lowest BCUT2D eigenvalue weighted by atomic mass is 10.00. The largest absolute Gasteiger partial charge is 0.328 e. The molecular formula is C23H20N4O. The van der Waals surface area contributed by atoms with E-state index >= 15 is 0 Å². The fourth-order valence-electron chi connectivity index (χ4n) is 3.93. The van der Waals surface area contributed by atoms with Gasteiger partial charge in [-0.25, -0.2) is 0 Å². The second-order valence-corrected chi connectivity index (χ2v) is 7.39. The van der Waals surface area contributed by atoms with Crippen LogP contribution in [0.5, 0.6) is 0 Å². The van der Waals surface area contributed by atoms with Gasteiger partial charge in [-0.2, -0.15) is 5.10 Å². The van der Waals surface area contributed by atoms with Crippen molar-refractivity contribution in [1.82, 2.24) is 19.7 Å². The molecule has 2 aromatic carbocycles. The molecule has 1 aliphatic rings. The smallest absolute Gasteiger partial charge is 0.256 e. The van der Waals surface area contributed by atoms with Crippen LogP contribution in [0.2, 0.25) is 0 Å². The number of aryl methyl sites for hydroxylation is 2. The lowest BCUT2D eigenvalue weighted by molar-refractivity contribution is 0.0766. The second-order valence-electron chi connectivity index (χ2n) is 7.39. The van der Waals surface area contributed by atoms with Crippen molar-refractivity contribution < 1.29 is 4.79 Å². The molecule has 0 saturated carbocycles. The van der Waals surface area contributed by atoms with Crippen LogP contribution < -0.4 is 0 Å². The monoisotopic (exact) mass is 368 g/mol. The second kappa shape index (κ2) is 6.30. The van der Waals surface area contributed by atoms with Crippen LogP contribution in [-0.4, -0.2) is 25.6 Å². The number of carbonyl (C=O) groups is 1. The van der Waals surface area contributed by atoms with Gasteiger partial charge in [0.2, 0.25) is 0 Å². The van der Waals surface area contributed by atoms with Crippen LogP contribution in [0.4, 0.5) is 0 Å². The van der Waals surface area contributed by atoms with Crippen molar-refractivity contribution in [3.05, 3.63) is 83.3 Å². The van der Waals surface area contributed by atoms with Gasteiger partial charge in [-0.1, -0.05) is 24.3 Å². The first-order valence-electron chi connectivity index (χ1n) is 9.35. The molecule has 4 aromatic rings. The summed E-state index contributed by atoms with van der Waals surface area (Å²) in [5.74, 6) is 0.0600. The number of hydrogen-bond acceptors (Lipinski definition) is 3. The number of carbonyl (C=O) groups excluding carboxylic acids is 1. The topological polar surface area (TPSA) is 51.0 Å². The van der Waals surface area contributed by atoms with E-state index < -0.39 is 0 Å². The lowest BCUT2D eigenvalue weighted by Crippen LogP contribution is -2.23. The van der Waals surface area contributed by atoms with Gasteiger partial charge < -0.3 is 4.90 Å². The molecule has 0 atom stereocenters. The highest BCUT2D eigenvalue weighted by Crippen LogP contribution is 2.28. The molecule has 0 spiro atoms. The van der Waals surface area contributed by atoms with E-state index in [9.17, 15) is 4.79 Å². The molecule has 0 unspecified atom stereocenters. The van der Waals surface area contributed by atoms with Gasteiger partial charge in [0, 0.05) is 31.4 Å². The Balaban J connectivity index is 1.39. The average molecular weight is 368 g/mol. The zero-order valence-electron chi connectivity index (χ0n) is 15.9. The van der Waals surface area contributed by atoms with E-state index in [0.29, 0.717) is 13.1 Å². The normalized spacial score (nSPS) is 13.4. The van der Waals surface area contributed by atoms with E-state index in [1.54, 1.807) is 6.20 Å². The molecule has 2 aromatic heterocycles. The SMILES string of the molecule is Cc1cc(-c2ccc(CN3Cc4ncccc4C3=O)cc2)cc2cn(C)nc12. The van der Waals surface area contributed by atoms with Crippen molar-refractivity contribution in [3.63, 3.8) is 0 Å². The van der Waals surface area contributed by atoms with Crippen LogP contribution in [-0.2, 0) is 20.1 Å². The summed E-state index contributed by atoms with van der Waals surface area (Å²) in [5.41, 5.74) is 7.26. The van der Waals surface area contributed by atoms with Crippen molar-refractivity contribution >= 4 is 16.8 Å². The highest BCUT2D eigenvalue weighted by Gasteiger charge is 2.27. The van der Waals surface area contributed by atoms with Crippen molar-refractivity contribution in [2.75, 3.05) is 0 Å². The zero-order chi connectivity index (χ0) is 19.3. The van der Waals surface area contributed by atoms with Crippen LogP contribution in [0, 0.1) is 6.92 Å². The summed E-state index contributed by atoms with van der Waals surface area (Å²) >= 11 is 0. The van der Waals surface area contributed by atoms with Gasteiger partial charge in [0.15, 0.2) is 0 Å². The van der Waals surface area contributed by atoms with E-state index in [2.05, 4.69) is 53.4 Å². The maximum Gasteiger partial charge on any atom is 0.256 e. The molecule has 5 rings (SSSR count). The number of aromatic nitrogens is 3. The van der Waals surface area contributed by atoms with Crippen LogP contribution in [0.15, 0.2) is 60.9 Å². The Bertz CT molecular complexity index is 1210. The number of benzene rings is 2. The predicted octanol–water partition coefficient (Wildman–Crippen LogP) is 4.10. The number of hydrogen-bond donors (Lipinski definition) is 0. The Morgan fingerprint density at radius 1 is 1.07 bits per heavy atom. The minimum Gasteiger partial charge on any atom is -0.328 e. The van der Waals surface area contributed by atoms with Crippen molar-refractivity contribution in [1.29, 1.82) is 0 Å². The molecule has 138 valence electrons. The van der Waals surface area contributed by atoms with Gasteiger partial charge in [0.1, 0.15) is 0 Å². The maximum atomic E-state index is 12.5. The lowest BCUT2D eigenvalue weighted by Gasteiger charge is -2.15. The summed E-state index contributed by atoms with van der Waals surface area (Å²) < 4.78 is 1.85. The highest BCUT2D eigenvalue weighted by molar-refractivity contribution is 5.97. The van der Waals surface area contributed by atoms with Crippen LogP contribution in [0.25, 0.3) is 22.0 Å². The number of rotatable bonds is 3. The Kier molecular flexibility index (Phi) is 3.76. The van der Waals surface area contributed by atoms with Crippen molar-refractivity contribution in [3.8, 4) is 11.1 Å². The molecule has 5 heteroatoms. The predicted molar refractivity (Wildman–Crippen MR) is 109 cm³/mol. The summed E-state index contributed by atoms with van der Waals surface area (Å²) in [6, 6.07) is 16.5. The molecule has 1 amide bonds. The van der Waals surface area contributed by atoms with E-state index in [-0.39, 0.29) is 5.91 Å². The van der Waals surface area contributed by atoms with E-state index in [0.717, 1.165) is 33.3 Å². The van der Waals surface area contributed by atoms with E-state index in [1.807, 2.05) is 35.0 Å². The summed E-state index contributed by atoms with van der Waals surface area (Å²) in [6.07, 6.45) is 3.79. The van der Waals surface area contributed by atoms with Gasteiger partial charge in [-0.15, -0.1) is 0 Å². The van der Waals surface area contributed by atoms with Crippen molar-refractivity contribution in [2.24, 2.45) is 7.05 Å². The number of nitrogens with zero attached hydrogens (tertiary/aromatic N) is 4. The molecular weight excluding hydrogens is 348 g/mol. The average Bonchev–Trinajstić information content (AvgIpc) is 3.23. The third-order valence-electron chi connectivity index (χ3n) is 5.32. The number of amides is 1. The van der Waals surface area contributed by atoms with Crippen LogP contribution in [0.1, 0.15) is 27.2 Å². The third kappa shape index (κ3) is 2.76. The highest BCUT2D eigenvalue weighted by atomic mass is 16.2. The molecule has 0 N–H and O–H groups in total. The zero-order valence-corrected chi connectivity index (χ0v) is 15.9. The minimum atomic E-state index is 0.0600. The Hall–Kier alpha value is -3.47. The fourth-order valence-corrected chi connectivity index (χ4v) is 3.93. The first-order chi connectivity index (χ1) is 13.6. The third-order valence-corrected chi connectivity index (χ3v) is 5.32. The first-order valence-corrected chi connectivity index (χ1v) is 9.35. The molecule has 0 saturated heterocycles. The maximum absolute atomic E-state index is 12.5. The minimum absolute atomic E-state index is 0.0600. The number of fused-ring (bicyclic) bond motifs is 2. The Morgan fingerprint density at radius 3 is 2.68 bits per heavy atom. The molecule has 1 aliphatic heterocycles. The van der Waals surface area contributed by atoms with Gasteiger partial charge in [0.05, 0.1) is 23.3 Å². The summed E-state index contributed by atoms with van der Waals surface area (Å²) in [7, 11) is 1.95. The van der Waals surface area contributed by atoms with Gasteiger partial charge >= 0.3 is 0 Å². The number of pyridine rings is 1. The van der Waals surface area contributed by atoms with E-state index in [1.165, 1.54) is 11.1 Å². The molecule has 5 nitrogen and oxygen atoms in total. The fraction of sp³-hybridized carbons (Fsp3) is 0.174.